The lowest BCUT2D eigenvalue weighted by Gasteiger charge is -2.40. The van der Waals surface area contributed by atoms with E-state index in [0.717, 1.165) is 6.61 Å². The fourth-order valence-electron chi connectivity index (χ4n) is 3.23. The minimum atomic E-state index is 0.0779. The molecule has 2 fully saturated rings. The van der Waals surface area contributed by atoms with Crippen LogP contribution in [0, 0.1) is 17.3 Å². The molecule has 1 heterocycles. The summed E-state index contributed by atoms with van der Waals surface area (Å²) in [6, 6.07) is 0.245. The first kappa shape index (κ1) is 10.4. The van der Waals surface area contributed by atoms with Crippen LogP contribution in [0.3, 0.4) is 0 Å². The van der Waals surface area contributed by atoms with E-state index in [4.69, 9.17) is 10.5 Å². The zero-order valence-corrected chi connectivity index (χ0v) is 9.84. The highest BCUT2D eigenvalue weighted by Crippen LogP contribution is 2.57. The molecule has 0 bridgehead atoms. The summed E-state index contributed by atoms with van der Waals surface area (Å²) in [7, 11) is 0. The maximum atomic E-state index is 6.43. The van der Waals surface area contributed by atoms with Crippen LogP contribution in [0.5, 0.6) is 0 Å². The summed E-state index contributed by atoms with van der Waals surface area (Å²) < 4.78 is 5.98. The Morgan fingerprint density at radius 1 is 1.14 bits per heavy atom. The Morgan fingerprint density at radius 2 is 1.64 bits per heavy atom. The van der Waals surface area contributed by atoms with Gasteiger partial charge in [0, 0.05) is 11.5 Å². The third kappa shape index (κ3) is 1.10. The molecule has 1 saturated carbocycles. The van der Waals surface area contributed by atoms with Crippen molar-refractivity contribution in [2.75, 3.05) is 6.61 Å². The van der Waals surface area contributed by atoms with Crippen molar-refractivity contribution in [2.45, 2.75) is 52.2 Å². The van der Waals surface area contributed by atoms with Crippen LogP contribution in [0.4, 0.5) is 0 Å². The van der Waals surface area contributed by atoms with Gasteiger partial charge in [-0.05, 0) is 24.7 Å². The average Bonchev–Trinajstić information content (AvgIpc) is 2.78. The Kier molecular flexibility index (Phi) is 2.20. The van der Waals surface area contributed by atoms with E-state index in [2.05, 4.69) is 27.7 Å². The molecule has 0 aromatic carbocycles. The van der Waals surface area contributed by atoms with Crippen molar-refractivity contribution in [3.05, 3.63) is 0 Å². The van der Waals surface area contributed by atoms with Gasteiger partial charge in [-0.2, -0.15) is 0 Å². The summed E-state index contributed by atoms with van der Waals surface area (Å²) in [5, 5.41) is 0. The smallest absolute Gasteiger partial charge is 0.0841 e. The first-order valence-electron chi connectivity index (χ1n) is 5.85. The van der Waals surface area contributed by atoms with Gasteiger partial charge in [-0.25, -0.2) is 0 Å². The van der Waals surface area contributed by atoms with Gasteiger partial charge in [0.15, 0.2) is 0 Å². The predicted octanol–water partition coefficient (Wildman–Crippen LogP) is 2.17. The first-order valence-corrected chi connectivity index (χ1v) is 5.85. The number of rotatable bonds is 2. The van der Waals surface area contributed by atoms with Gasteiger partial charge in [0.05, 0.1) is 12.2 Å². The van der Waals surface area contributed by atoms with Crippen LogP contribution in [0.15, 0.2) is 0 Å². The number of nitrogens with two attached hydrogens (primary N) is 1. The second-order valence-electron chi connectivity index (χ2n) is 5.75. The molecule has 82 valence electrons. The van der Waals surface area contributed by atoms with E-state index in [1.165, 1.54) is 12.8 Å². The summed E-state index contributed by atoms with van der Waals surface area (Å²) in [6.45, 7) is 9.99. The molecular formula is C12H23NO. The molecule has 0 aromatic heterocycles. The molecular weight excluding hydrogens is 174 g/mol. The normalized spacial score (nSPS) is 33.2. The quantitative estimate of drug-likeness (QED) is 0.736. The van der Waals surface area contributed by atoms with Crippen molar-refractivity contribution in [3.63, 3.8) is 0 Å². The van der Waals surface area contributed by atoms with E-state index in [1.54, 1.807) is 0 Å². The summed E-state index contributed by atoms with van der Waals surface area (Å²) >= 11 is 0. The van der Waals surface area contributed by atoms with E-state index < -0.39 is 0 Å². The standard InChI is InChI=1S/C12H23NO/c1-8(2)12(9(3)4)7-14-11(5-6-11)10(12)13/h8-10H,5-7,13H2,1-4H3. The van der Waals surface area contributed by atoms with Gasteiger partial charge >= 0.3 is 0 Å². The summed E-state index contributed by atoms with van der Waals surface area (Å²) in [4.78, 5) is 0. The Morgan fingerprint density at radius 3 is 1.86 bits per heavy atom. The van der Waals surface area contributed by atoms with E-state index in [0.29, 0.717) is 11.8 Å². The van der Waals surface area contributed by atoms with E-state index in [9.17, 15) is 0 Å². The number of ether oxygens (including phenoxy) is 1. The third-order valence-electron chi connectivity index (χ3n) is 4.65. The predicted molar refractivity (Wildman–Crippen MR) is 58.0 cm³/mol. The molecule has 1 unspecified atom stereocenters. The topological polar surface area (TPSA) is 35.2 Å². The van der Waals surface area contributed by atoms with Gasteiger partial charge in [0.2, 0.25) is 0 Å². The third-order valence-corrected chi connectivity index (χ3v) is 4.65. The van der Waals surface area contributed by atoms with Crippen LogP contribution in [-0.2, 0) is 4.74 Å². The molecule has 2 nitrogen and oxygen atoms in total. The Balaban J connectivity index is 2.28. The molecule has 1 aliphatic heterocycles. The number of hydrogen-bond acceptors (Lipinski definition) is 2. The van der Waals surface area contributed by atoms with Crippen molar-refractivity contribution in [1.29, 1.82) is 0 Å². The SMILES string of the molecule is CC(C)C1(C(C)C)COC2(CC2)C1N. The average molecular weight is 197 g/mol. The molecule has 2 heteroatoms. The van der Waals surface area contributed by atoms with Gasteiger partial charge in [0.25, 0.3) is 0 Å². The molecule has 1 aliphatic carbocycles. The maximum absolute atomic E-state index is 6.43. The fourth-order valence-corrected chi connectivity index (χ4v) is 3.23. The van der Waals surface area contributed by atoms with Gasteiger partial charge in [-0.15, -0.1) is 0 Å². The lowest BCUT2D eigenvalue weighted by atomic mass is 9.64. The fraction of sp³-hybridized carbons (Fsp3) is 1.00. The number of hydrogen-bond donors (Lipinski definition) is 1. The van der Waals surface area contributed by atoms with Gasteiger partial charge in [-0.1, -0.05) is 27.7 Å². The van der Waals surface area contributed by atoms with E-state index >= 15 is 0 Å². The molecule has 1 atom stereocenters. The van der Waals surface area contributed by atoms with Crippen molar-refractivity contribution in [2.24, 2.45) is 23.0 Å². The minimum absolute atomic E-state index is 0.0779. The summed E-state index contributed by atoms with van der Waals surface area (Å²) in [5.41, 5.74) is 6.71. The summed E-state index contributed by atoms with van der Waals surface area (Å²) in [6.07, 6.45) is 2.35. The molecule has 14 heavy (non-hydrogen) atoms. The highest BCUT2D eigenvalue weighted by molar-refractivity contribution is 5.16. The molecule has 1 spiro atoms. The van der Waals surface area contributed by atoms with Gasteiger partial charge < -0.3 is 10.5 Å². The molecule has 2 aliphatic rings. The largest absolute Gasteiger partial charge is 0.373 e. The second-order valence-corrected chi connectivity index (χ2v) is 5.75. The van der Waals surface area contributed by atoms with Crippen LogP contribution in [0.1, 0.15) is 40.5 Å². The van der Waals surface area contributed by atoms with Gasteiger partial charge in [0.1, 0.15) is 0 Å². The van der Waals surface area contributed by atoms with Crippen LogP contribution < -0.4 is 5.73 Å². The summed E-state index contributed by atoms with van der Waals surface area (Å²) in [5.74, 6) is 1.22. The van der Waals surface area contributed by atoms with E-state index in [-0.39, 0.29) is 17.1 Å². The second kappa shape index (κ2) is 2.96. The van der Waals surface area contributed by atoms with Crippen molar-refractivity contribution >= 4 is 0 Å². The van der Waals surface area contributed by atoms with Gasteiger partial charge in [-0.3, -0.25) is 0 Å². The Labute approximate surface area is 87.2 Å². The lowest BCUT2D eigenvalue weighted by molar-refractivity contribution is 0.0519. The first-order chi connectivity index (χ1) is 6.46. The zero-order chi connectivity index (χ0) is 10.6. The van der Waals surface area contributed by atoms with Crippen LogP contribution in [-0.4, -0.2) is 18.2 Å². The minimum Gasteiger partial charge on any atom is -0.373 e. The maximum Gasteiger partial charge on any atom is 0.0841 e. The molecule has 1 saturated heterocycles. The van der Waals surface area contributed by atoms with E-state index in [1.807, 2.05) is 0 Å². The molecule has 2 rings (SSSR count). The Hall–Kier alpha value is -0.0800. The monoisotopic (exact) mass is 197 g/mol. The molecule has 2 N–H and O–H groups in total. The van der Waals surface area contributed by atoms with Crippen molar-refractivity contribution in [1.82, 2.24) is 0 Å². The molecule has 0 amide bonds. The molecule has 0 aromatic rings. The Bertz CT molecular complexity index is 222. The molecule has 0 radical (unpaired) electrons. The highest BCUT2D eigenvalue weighted by Gasteiger charge is 2.64. The van der Waals surface area contributed by atoms with Crippen LogP contribution in [0.25, 0.3) is 0 Å². The zero-order valence-electron chi connectivity index (χ0n) is 9.84. The van der Waals surface area contributed by atoms with Crippen molar-refractivity contribution in [3.8, 4) is 0 Å². The van der Waals surface area contributed by atoms with Crippen LogP contribution in [0.2, 0.25) is 0 Å². The van der Waals surface area contributed by atoms with Crippen molar-refractivity contribution < 1.29 is 4.74 Å². The lowest BCUT2D eigenvalue weighted by Crippen LogP contribution is -2.51. The highest BCUT2D eigenvalue weighted by atomic mass is 16.5. The van der Waals surface area contributed by atoms with Crippen LogP contribution >= 0.6 is 0 Å².